The molecule has 6 heteroatoms. The maximum absolute atomic E-state index is 15.0. The molecule has 1 fully saturated rings. The molecule has 1 aliphatic heterocycles. The van der Waals surface area contributed by atoms with Crippen LogP contribution in [0, 0.1) is 5.82 Å². The molecular weight excluding hydrogens is 417 g/mol. The Bertz CT molecular complexity index is 1110. The Balaban J connectivity index is 0.00000324. The van der Waals surface area contributed by atoms with Crippen LogP contribution in [0.1, 0.15) is 23.8 Å². The molecule has 0 saturated carbocycles. The number of carbonyl (C=O) groups is 1. The van der Waals surface area contributed by atoms with Crippen LogP contribution < -0.4 is 14.5 Å². The van der Waals surface area contributed by atoms with Gasteiger partial charge in [0.2, 0.25) is 0 Å². The maximum Gasteiger partial charge on any atom is 0.258 e. The molecule has 0 aliphatic carbocycles. The molecule has 33 heavy (non-hydrogen) atoms. The van der Waals surface area contributed by atoms with Crippen molar-refractivity contribution in [3.05, 3.63) is 89.7 Å². The lowest BCUT2D eigenvalue weighted by molar-refractivity contribution is 0.0992. The molecule has 4 rings (SSSR count). The minimum atomic E-state index is -0.313. The van der Waals surface area contributed by atoms with Crippen molar-refractivity contribution in [1.29, 1.82) is 0 Å². The highest BCUT2D eigenvalue weighted by Gasteiger charge is 2.26. The maximum atomic E-state index is 15.0. The second-order valence-corrected chi connectivity index (χ2v) is 8.65. The van der Waals surface area contributed by atoms with Crippen LogP contribution in [0.5, 0.6) is 5.75 Å². The number of hydrogen-bond acceptors (Lipinski definition) is 4. The van der Waals surface area contributed by atoms with E-state index in [4.69, 9.17) is 4.74 Å². The lowest BCUT2D eigenvalue weighted by Gasteiger charge is -2.24. The van der Waals surface area contributed by atoms with Gasteiger partial charge in [-0.1, -0.05) is 36.4 Å². The van der Waals surface area contributed by atoms with Gasteiger partial charge in [-0.3, -0.25) is 4.79 Å². The summed E-state index contributed by atoms with van der Waals surface area (Å²) in [6.07, 6.45) is 1.01. The lowest BCUT2D eigenvalue weighted by Crippen LogP contribution is -2.31. The molecule has 1 heterocycles. The zero-order chi connectivity index (χ0) is 23.4. The molecule has 1 aliphatic rings. The third kappa shape index (κ3) is 5.34. The molecule has 3 aromatic carbocycles. The number of carbonyl (C=O) groups excluding carboxylic acids is 1. The van der Waals surface area contributed by atoms with E-state index in [2.05, 4.69) is 23.9 Å². The van der Waals surface area contributed by atoms with E-state index < -0.39 is 0 Å². The predicted octanol–water partition coefficient (Wildman–Crippen LogP) is 5.07. The van der Waals surface area contributed by atoms with Gasteiger partial charge in [-0.15, -0.1) is 0 Å². The van der Waals surface area contributed by atoms with Gasteiger partial charge < -0.3 is 19.4 Å². The Hall–Kier alpha value is -3.38. The van der Waals surface area contributed by atoms with E-state index in [-0.39, 0.29) is 13.2 Å². The smallest absolute Gasteiger partial charge is 0.258 e. The van der Waals surface area contributed by atoms with Crippen LogP contribution in [-0.4, -0.2) is 51.1 Å². The zero-order valence-corrected chi connectivity index (χ0v) is 19.4. The topological polar surface area (TPSA) is 36.0 Å². The van der Waals surface area contributed by atoms with E-state index in [0.29, 0.717) is 35.3 Å². The van der Waals surface area contributed by atoms with Gasteiger partial charge in [0.25, 0.3) is 5.91 Å². The van der Waals surface area contributed by atoms with Gasteiger partial charge >= 0.3 is 0 Å². The van der Waals surface area contributed by atoms with Crippen LogP contribution in [0.15, 0.2) is 72.8 Å². The van der Waals surface area contributed by atoms with E-state index in [1.165, 1.54) is 11.0 Å². The number of amides is 1. The summed E-state index contributed by atoms with van der Waals surface area (Å²) in [6.45, 7) is 2.05. The van der Waals surface area contributed by atoms with Gasteiger partial charge in [0.05, 0.1) is 5.69 Å². The van der Waals surface area contributed by atoms with Crippen LogP contribution in [0.3, 0.4) is 0 Å². The first-order valence-electron chi connectivity index (χ1n) is 11.2. The van der Waals surface area contributed by atoms with Crippen LogP contribution >= 0.6 is 0 Å². The average molecular weight is 450 g/mol. The van der Waals surface area contributed by atoms with E-state index in [0.717, 1.165) is 25.1 Å². The van der Waals surface area contributed by atoms with Crippen LogP contribution in [0.4, 0.5) is 15.8 Å². The summed E-state index contributed by atoms with van der Waals surface area (Å²) in [5.74, 6) is 0.0803. The van der Waals surface area contributed by atoms with Crippen molar-refractivity contribution in [2.75, 3.05) is 44.0 Å². The standard InChI is InChI=1S/C27H30FN3O2.H2/c1-29(2)23-14-15-31(18-23)26-13-12-22(17-25(26)28)30(3)27(32)21-10-7-11-24(16-21)33-19-20-8-5-4-6-9-20;/h4-13,16-17,23H,14-15,18-19H2,1-3H3;1H. The fourth-order valence-corrected chi connectivity index (χ4v) is 4.11. The van der Waals surface area contributed by atoms with E-state index in [1.807, 2.05) is 36.4 Å². The first-order valence-corrected chi connectivity index (χ1v) is 11.2. The predicted molar refractivity (Wildman–Crippen MR) is 133 cm³/mol. The van der Waals surface area contributed by atoms with Crippen molar-refractivity contribution < 1.29 is 15.3 Å². The zero-order valence-electron chi connectivity index (χ0n) is 19.4. The van der Waals surface area contributed by atoms with Crippen molar-refractivity contribution in [3.8, 4) is 5.75 Å². The first-order chi connectivity index (χ1) is 15.9. The van der Waals surface area contributed by atoms with Crippen molar-refractivity contribution in [1.82, 2.24) is 4.90 Å². The van der Waals surface area contributed by atoms with Crippen molar-refractivity contribution in [2.45, 2.75) is 19.1 Å². The van der Waals surface area contributed by atoms with Gasteiger partial charge in [0.1, 0.15) is 18.2 Å². The van der Waals surface area contributed by atoms with Gasteiger partial charge in [-0.05, 0) is 62.5 Å². The number of hydrogen-bond donors (Lipinski definition) is 0. The summed E-state index contributed by atoms with van der Waals surface area (Å²) in [7, 11) is 5.76. The van der Waals surface area contributed by atoms with Crippen molar-refractivity contribution in [3.63, 3.8) is 0 Å². The normalized spacial score (nSPS) is 15.7. The van der Waals surface area contributed by atoms with Gasteiger partial charge in [-0.25, -0.2) is 4.39 Å². The molecule has 1 atom stereocenters. The average Bonchev–Trinajstić information content (AvgIpc) is 3.33. The highest BCUT2D eigenvalue weighted by atomic mass is 19.1. The van der Waals surface area contributed by atoms with Crippen LogP contribution in [-0.2, 0) is 6.61 Å². The van der Waals surface area contributed by atoms with E-state index >= 15 is 0 Å². The number of anilines is 2. The molecule has 0 bridgehead atoms. The second kappa shape index (κ2) is 10.0. The Morgan fingerprint density at radius 2 is 1.85 bits per heavy atom. The molecule has 0 aromatic heterocycles. The highest BCUT2D eigenvalue weighted by Crippen LogP contribution is 2.29. The summed E-state index contributed by atoms with van der Waals surface area (Å²) in [4.78, 5) is 18.8. The molecule has 1 amide bonds. The number of ether oxygens (including phenoxy) is 1. The quantitative estimate of drug-likeness (QED) is 0.505. The van der Waals surface area contributed by atoms with Crippen LogP contribution in [0.25, 0.3) is 0 Å². The number of rotatable bonds is 7. The number of likely N-dealkylation sites (N-methyl/N-ethyl adjacent to an activating group) is 1. The fourth-order valence-electron chi connectivity index (χ4n) is 4.11. The molecule has 3 aromatic rings. The molecule has 174 valence electrons. The first kappa shape index (κ1) is 22.8. The largest absolute Gasteiger partial charge is 0.489 e. The van der Waals surface area contributed by atoms with Crippen molar-refractivity contribution in [2.24, 2.45) is 0 Å². The third-order valence-electron chi connectivity index (χ3n) is 6.19. The summed E-state index contributed by atoms with van der Waals surface area (Å²) in [5, 5.41) is 0. The summed E-state index contributed by atoms with van der Waals surface area (Å²) >= 11 is 0. The van der Waals surface area contributed by atoms with Gasteiger partial charge in [0.15, 0.2) is 0 Å². The molecule has 0 spiro atoms. The number of halogens is 1. The number of benzene rings is 3. The lowest BCUT2D eigenvalue weighted by atomic mass is 10.1. The molecule has 1 unspecified atom stereocenters. The molecule has 0 radical (unpaired) electrons. The third-order valence-corrected chi connectivity index (χ3v) is 6.19. The van der Waals surface area contributed by atoms with Crippen LogP contribution in [0.2, 0.25) is 0 Å². The van der Waals surface area contributed by atoms with E-state index in [1.54, 1.807) is 37.4 Å². The molecule has 5 nitrogen and oxygen atoms in total. The summed E-state index contributed by atoms with van der Waals surface area (Å²) < 4.78 is 20.8. The Labute approximate surface area is 196 Å². The Kier molecular flexibility index (Phi) is 6.94. The summed E-state index contributed by atoms with van der Waals surface area (Å²) in [6, 6.07) is 22.4. The number of nitrogens with zero attached hydrogens (tertiary/aromatic N) is 3. The molecular formula is C27H32FN3O2. The minimum Gasteiger partial charge on any atom is -0.489 e. The monoisotopic (exact) mass is 449 g/mol. The SMILES string of the molecule is CN(C(=O)c1cccc(OCc2ccccc2)c1)c1ccc(N2CCC(N(C)C)C2)c(F)c1.[HH]. The van der Waals surface area contributed by atoms with E-state index in [9.17, 15) is 9.18 Å². The van der Waals surface area contributed by atoms with Gasteiger partial charge in [-0.2, -0.15) is 0 Å². The minimum absolute atomic E-state index is 0. The Morgan fingerprint density at radius 3 is 2.55 bits per heavy atom. The summed E-state index contributed by atoms with van der Waals surface area (Å²) in [5.41, 5.74) is 2.64. The Morgan fingerprint density at radius 1 is 1.06 bits per heavy atom. The van der Waals surface area contributed by atoms with Crippen molar-refractivity contribution >= 4 is 17.3 Å². The molecule has 1 saturated heterocycles. The highest BCUT2D eigenvalue weighted by molar-refractivity contribution is 6.06. The fraction of sp³-hybridized carbons (Fsp3) is 0.296. The molecule has 0 N–H and O–H groups in total. The second-order valence-electron chi connectivity index (χ2n) is 8.65. The van der Waals surface area contributed by atoms with Gasteiger partial charge in [0, 0.05) is 38.9 Å².